The first-order valence-corrected chi connectivity index (χ1v) is 7.63. The maximum atomic E-state index is 4.24. The van der Waals surface area contributed by atoms with Gasteiger partial charge in [0.05, 0.1) is 0 Å². The Labute approximate surface area is 117 Å². The Hall–Kier alpha value is -0.870. The van der Waals surface area contributed by atoms with Crippen molar-refractivity contribution in [1.29, 1.82) is 0 Å². The zero-order valence-electron chi connectivity index (χ0n) is 12.6. The van der Waals surface area contributed by atoms with E-state index in [9.17, 15) is 0 Å². The van der Waals surface area contributed by atoms with Crippen molar-refractivity contribution in [2.24, 2.45) is 13.0 Å². The molecule has 1 aromatic rings. The van der Waals surface area contributed by atoms with Crippen LogP contribution in [0.25, 0.3) is 0 Å². The van der Waals surface area contributed by atoms with Crippen molar-refractivity contribution in [3.8, 4) is 0 Å². The molecular formula is C15H28N4. The second-order valence-corrected chi connectivity index (χ2v) is 5.80. The fraction of sp³-hybridized carbons (Fsp3) is 0.800. The molecule has 0 amide bonds. The molecule has 0 radical (unpaired) electrons. The minimum absolute atomic E-state index is 0.652. The minimum atomic E-state index is 0.652. The summed E-state index contributed by atoms with van der Waals surface area (Å²) in [6.45, 7) is 9.37. The van der Waals surface area contributed by atoms with E-state index in [2.05, 4.69) is 35.2 Å². The average Bonchev–Trinajstić information content (AvgIpc) is 2.69. The molecule has 0 saturated carbocycles. The van der Waals surface area contributed by atoms with Crippen molar-refractivity contribution in [2.45, 2.75) is 39.2 Å². The Morgan fingerprint density at radius 3 is 3.05 bits per heavy atom. The highest BCUT2D eigenvalue weighted by molar-refractivity contribution is 5.00. The van der Waals surface area contributed by atoms with Gasteiger partial charge in [0.15, 0.2) is 0 Å². The third-order valence-corrected chi connectivity index (χ3v) is 4.45. The number of nitrogens with zero attached hydrogens (tertiary/aromatic N) is 3. The Balaban J connectivity index is 1.86. The first kappa shape index (κ1) is 14.5. The van der Waals surface area contributed by atoms with Gasteiger partial charge < -0.3 is 10.2 Å². The first-order valence-electron chi connectivity index (χ1n) is 7.63. The van der Waals surface area contributed by atoms with E-state index in [-0.39, 0.29) is 0 Å². The predicted octanol–water partition coefficient (Wildman–Crippen LogP) is 1.67. The van der Waals surface area contributed by atoms with Gasteiger partial charge in [0, 0.05) is 44.5 Å². The summed E-state index contributed by atoms with van der Waals surface area (Å²) >= 11 is 0. The molecule has 1 saturated heterocycles. The SMILES string of the molecule is CCC(C)C1CN(CCc2ccnn2C)CCCN1. The minimum Gasteiger partial charge on any atom is -0.312 e. The Bertz CT molecular complexity index is 374. The van der Waals surface area contributed by atoms with Gasteiger partial charge in [-0.3, -0.25) is 4.68 Å². The van der Waals surface area contributed by atoms with E-state index < -0.39 is 0 Å². The van der Waals surface area contributed by atoms with Gasteiger partial charge in [0.25, 0.3) is 0 Å². The highest BCUT2D eigenvalue weighted by Gasteiger charge is 2.21. The normalized spacial score (nSPS) is 23.2. The summed E-state index contributed by atoms with van der Waals surface area (Å²) in [6.07, 6.45) is 5.51. The largest absolute Gasteiger partial charge is 0.312 e. The van der Waals surface area contributed by atoms with Gasteiger partial charge in [-0.25, -0.2) is 0 Å². The molecule has 1 aromatic heterocycles. The van der Waals surface area contributed by atoms with E-state index in [1.807, 2.05) is 17.9 Å². The molecule has 4 nitrogen and oxygen atoms in total. The molecule has 4 heteroatoms. The van der Waals surface area contributed by atoms with Crippen molar-refractivity contribution >= 4 is 0 Å². The summed E-state index contributed by atoms with van der Waals surface area (Å²) in [5.41, 5.74) is 1.33. The van der Waals surface area contributed by atoms with Gasteiger partial charge in [-0.05, 0) is 31.5 Å². The summed E-state index contributed by atoms with van der Waals surface area (Å²) in [4.78, 5) is 2.61. The monoisotopic (exact) mass is 264 g/mol. The molecule has 2 unspecified atom stereocenters. The lowest BCUT2D eigenvalue weighted by Gasteiger charge is -2.28. The van der Waals surface area contributed by atoms with Crippen LogP contribution in [0.1, 0.15) is 32.4 Å². The van der Waals surface area contributed by atoms with Crippen molar-refractivity contribution in [1.82, 2.24) is 20.0 Å². The van der Waals surface area contributed by atoms with Gasteiger partial charge in [-0.15, -0.1) is 0 Å². The molecule has 1 N–H and O–H groups in total. The summed E-state index contributed by atoms with van der Waals surface area (Å²) in [6, 6.07) is 2.78. The van der Waals surface area contributed by atoms with E-state index in [0.29, 0.717) is 6.04 Å². The van der Waals surface area contributed by atoms with Crippen LogP contribution >= 0.6 is 0 Å². The lowest BCUT2D eigenvalue weighted by molar-refractivity contribution is 0.239. The third-order valence-electron chi connectivity index (χ3n) is 4.45. The number of rotatable bonds is 5. The molecule has 2 heterocycles. The number of aryl methyl sites for hydroxylation is 1. The molecule has 108 valence electrons. The van der Waals surface area contributed by atoms with Gasteiger partial charge in [0.1, 0.15) is 0 Å². The Morgan fingerprint density at radius 2 is 2.37 bits per heavy atom. The van der Waals surface area contributed by atoms with E-state index >= 15 is 0 Å². The number of aromatic nitrogens is 2. The highest BCUT2D eigenvalue weighted by Crippen LogP contribution is 2.13. The molecule has 1 aliphatic rings. The molecule has 1 aliphatic heterocycles. The molecule has 2 rings (SSSR count). The molecule has 0 aromatic carbocycles. The highest BCUT2D eigenvalue weighted by atomic mass is 15.3. The summed E-state index contributed by atoms with van der Waals surface area (Å²) in [5.74, 6) is 0.761. The fourth-order valence-electron chi connectivity index (χ4n) is 2.81. The molecule has 2 atom stereocenters. The van der Waals surface area contributed by atoms with Crippen LogP contribution in [0, 0.1) is 5.92 Å². The summed E-state index contributed by atoms with van der Waals surface area (Å²) in [5, 5.41) is 7.95. The molecular weight excluding hydrogens is 236 g/mol. The van der Waals surface area contributed by atoms with Crippen LogP contribution in [-0.2, 0) is 13.5 Å². The Morgan fingerprint density at radius 1 is 1.53 bits per heavy atom. The van der Waals surface area contributed by atoms with E-state index in [1.54, 1.807) is 0 Å². The van der Waals surface area contributed by atoms with Crippen LogP contribution in [-0.4, -0.2) is 46.9 Å². The average molecular weight is 264 g/mol. The zero-order chi connectivity index (χ0) is 13.7. The Kier molecular flexibility index (Phi) is 5.40. The van der Waals surface area contributed by atoms with E-state index in [4.69, 9.17) is 0 Å². The number of nitrogens with one attached hydrogen (secondary N) is 1. The molecule has 0 spiro atoms. The van der Waals surface area contributed by atoms with Crippen LogP contribution in [0.3, 0.4) is 0 Å². The molecule has 0 bridgehead atoms. The first-order chi connectivity index (χ1) is 9.20. The van der Waals surface area contributed by atoms with Gasteiger partial charge in [-0.1, -0.05) is 20.3 Å². The van der Waals surface area contributed by atoms with Crippen molar-refractivity contribution in [2.75, 3.05) is 26.2 Å². The van der Waals surface area contributed by atoms with Gasteiger partial charge in [-0.2, -0.15) is 5.10 Å². The van der Waals surface area contributed by atoms with Crippen LogP contribution in [0.5, 0.6) is 0 Å². The molecule has 0 aliphatic carbocycles. The van der Waals surface area contributed by atoms with Crippen LogP contribution in [0.15, 0.2) is 12.3 Å². The predicted molar refractivity (Wildman–Crippen MR) is 79.2 cm³/mol. The topological polar surface area (TPSA) is 33.1 Å². The van der Waals surface area contributed by atoms with Crippen molar-refractivity contribution in [3.05, 3.63) is 18.0 Å². The second kappa shape index (κ2) is 7.06. The molecule has 19 heavy (non-hydrogen) atoms. The van der Waals surface area contributed by atoms with Crippen molar-refractivity contribution in [3.63, 3.8) is 0 Å². The smallest absolute Gasteiger partial charge is 0.0492 e. The van der Waals surface area contributed by atoms with E-state index in [0.717, 1.165) is 25.4 Å². The summed E-state index contributed by atoms with van der Waals surface area (Å²) < 4.78 is 1.99. The van der Waals surface area contributed by atoms with Crippen molar-refractivity contribution < 1.29 is 0 Å². The lowest BCUT2D eigenvalue weighted by Crippen LogP contribution is -2.42. The zero-order valence-corrected chi connectivity index (χ0v) is 12.6. The maximum Gasteiger partial charge on any atom is 0.0492 e. The maximum absolute atomic E-state index is 4.24. The number of hydrogen-bond acceptors (Lipinski definition) is 3. The van der Waals surface area contributed by atoms with Gasteiger partial charge in [0.2, 0.25) is 0 Å². The van der Waals surface area contributed by atoms with Crippen LogP contribution in [0.2, 0.25) is 0 Å². The van der Waals surface area contributed by atoms with Crippen LogP contribution in [0.4, 0.5) is 0 Å². The van der Waals surface area contributed by atoms with E-state index in [1.165, 1.54) is 31.6 Å². The second-order valence-electron chi connectivity index (χ2n) is 5.80. The summed E-state index contributed by atoms with van der Waals surface area (Å²) in [7, 11) is 2.03. The third kappa shape index (κ3) is 4.05. The standard InChI is InChI=1S/C15H28N4/c1-4-13(2)15-12-19(10-5-8-16-15)11-7-14-6-9-17-18(14)3/h6,9,13,15-16H,4-5,7-8,10-12H2,1-3H3. The fourth-order valence-corrected chi connectivity index (χ4v) is 2.81. The van der Waals surface area contributed by atoms with Crippen LogP contribution < -0.4 is 5.32 Å². The number of hydrogen-bond donors (Lipinski definition) is 1. The molecule has 1 fully saturated rings. The lowest BCUT2D eigenvalue weighted by atomic mass is 9.99. The van der Waals surface area contributed by atoms with Gasteiger partial charge >= 0.3 is 0 Å². The quantitative estimate of drug-likeness (QED) is 0.878.